The van der Waals surface area contributed by atoms with E-state index in [4.69, 9.17) is 5.26 Å². The summed E-state index contributed by atoms with van der Waals surface area (Å²) < 4.78 is 0. The van der Waals surface area contributed by atoms with Gasteiger partial charge in [0, 0.05) is 11.6 Å². The maximum absolute atomic E-state index is 11.4. The zero-order valence-electron chi connectivity index (χ0n) is 11.5. The molecule has 0 aliphatic rings. The molecule has 0 fully saturated rings. The fourth-order valence-electron chi connectivity index (χ4n) is 2.11. The predicted molar refractivity (Wildman–Crippen MR) is 77.6 cm³/mol. The standard InChI is InChI=1S/C16H16N2O2/c1-3-10(2)11-4-6-12(7-5-11)13-8-15(19)18-16(20)14(13)9-17/h4-8,10H,3H2,1-2H3,(H2,18,19,20). The molecule has 20 heavy (non-hydrogen) atoms. The summed E-state index contributed by atoms with van der Waals surface area (Å²) in [7, 11) is 0. The summed E-state index contributed by atoms with van der Waals surface area (Å²) in [6.45, 7) is 4.27. The van der Waals surface area contributed by atoms with Crippen molar-refractivity contribution in [3.05, 3.63) is 51.8 Å². The van der Waals surface area contributed by atoms with Crippen molar-refractivity contribution >= 4 is 0 Å². The molecule has 1 atom stereocenters. The number of rotatable bonds is 3. The second kappa shape index (κ2) is 5.62. The molecule has 0 bridgehead atoms. The van der Waals surface area contributed by atoms with Crippen molar-refractivity contribution in [1.82, 2.24) is 4.98 Å². The van der Waals surface area contributed by atoms with Crippen molar-refractivity contribution in [1.29, 1.82) is 5.26 Å². The average Bonchev–Trinajstić information content (AvgIpc) is 2.46. The largest absolute Gasteiger partial charge is 0.494 e. The Morgan fingerprint density at radius 1 is 1.35 bits per heavy atom. The highest BCUT2D eigenvalue weighted by molar-refractivity contribution is 5.72. The average molecular weight is 268 g/mol. The molecule has 0 saturated carbocycles. The maximum atomic E-state index is 11.4. The summed E-state index contributed by atoms with van der Waals surface area (Å²) in [6.07, 6.45) is 1.05. The number of nitrogens with one attached hydrogen (secondary N) is 1. The molecule has 1 aromatic carbocycles. The van der Waals surface area contributed by atoms with Crippen LogP contribution in [0.4, 0.5) is 0 Å². The van der Waals surface area contributed by atoms with Gasteiger partial charge in [-0.15, -0.1) is 0 Å². The maximum Gasteiger partial charge on any atom is 0.251 e. The number of hydrogen-bond donors (Lipinski definition) is 2. The van der Waals surface area contributed by atoms with Crippen molar-refractivity contribution in [2.24, 2.45) is 0 Å². The zero-order valence-corrected chi connectivity index (χ0v) is 11.5. The molecule has 0 saturated heterocycles. The molecule has 0 spiro atoms. The number of H-pyrrole nitrogens is 1. The van der Waals surface area contributed by atoms with E-state index in [9.17, 15) is 9.90 Å². The summed E-state index contributed by atoms with van der Waals surface area (Å²) in [5.74, 6) is 0.0769. The van der Waals surface area contributed by atoms with Gasteiger partial charge in [0.1, 0.15) is 11.6 Å². The molecular weight excluding hydrogens is 252 g/mol. The van der Waals surface area contributed by atoms with Crippen LogP contribution in [-0.4, -0.2) is 10.1 Å². The van der Waals surface area contributed by atoms with Gasteiger partial charge in [0.2, 0.25) is 5.88 Å². The summed E-state index contributed by atoms with van der Waals surface area (Å²) in [4.78, 5) is 13.7. The third kappa shape index (κ3) is 2.57. The molecule has 0 aliphatic carbocycles. The minimum Gasteiger partial charge on any atom is -0.494 e. The van der Waals surface area contributed by atoms with E-state index in [1.807, 2.05) is 30.3 Å². The quantitative estimate of drug-likeness (QED) is 0.897. The van der Waals surface area contributed by atoms with E-state index >= 15 is 0 Å². The van der Waals surface area contributed by atoms with Gasteiger partial charge in [0.05, 0.1) is 0 Å². The van der Waals surface area contributed by atoms with Gasteiger partial charge in [-0.3, -0.25) is 9.78 Å². The van der Waals surface area contributed by atoms with Crippen LogP contribution in [0.5, 0.6) is 5.88 Å². The normalized spacial score (nSPS) is 11.8. The van der Waals surface area contributed by atoms with Gasteiger partial charge >= 0.3 is 0 Å². The summed E-state index contributed by atoms with van der Waals surface area (Å²) in [6, 6.07) is 11.0. The lowest BCUT2D eigenvalue weighted by Gasteiger charge is -2.10. The summed E-state index contributed by atoms with van der Waals surface area (Å²) >= 11 is 0. The Morgan fingerprint density at radius 3 is 2.55 bits per heavy atom. The highest BCUT2D eigenvalue weighted by Crippen LogP contribution is 2.28. The Morgan fingerprint density at radius 2 is 2.00 bits per heavy atom. The van der Waals surface area contributed by atoms with Crippen LogP contribution in [0.2, 0.25) is 0 Å². The van der Waals surface area contributed by atoms with Gasteiger partial charge in [-0.2, -0.15) is 5.26 Å². The van der Waals surface area contributed by atoms with Gasteiger partial charge in [0.15, 0.2) is 0 Å². The molecule has 4 heteroatoms. The van der Waals surface area contributed by atoms with Crippen LogP contribution in [0.3, 0.4) is 0 Å². The summed E-state index contributed by atoms with van der Waals surface area (Å²) in [5.41, 5.74) is 2.06. The molecule has 4 nitrogen and oxygen atoms in total. The number of nitrogens with zero attached hydrogens (tertiary/aromatic N) is 1. The molecular formula is C16H16N2O2. The first-order valence-electron chi connectivity index (χ1n) is 6.53. The topological polar surface area (TPSA) is 76.9 Å². The third-order valence-corrected chi connectivity index (χ3v) is 3.54. The fourth-order valence-corrected chi connectivity index (χ4v) is 2.11. The molecule has 102 valence electrons. The Labute approximate surface area is 117 Å². The van der Waals surface area contributed by atoms with Crippen LogP contribution in [0.15, 0.2) is 35.1 Å². The van der Waals surface area contributed by atoms with Crippen LogP contribution >= 0.6 is 0 Å². The molecule has 1 unspecified atom stereocenters. The molecule has 0 amide bonds. The Hall–Kier alpha value is -2.54. The van der Waals surface area contributed by atoms with Gasteiger partial charge in [-0.05, 0) is 23.5 Å². The Bertz CT molecular complexity index is 709. The number of pyridine rings is 1. The summed E-state index contributed by atoms with van der Waals surface area (Å²) in [5, 5.41) is 18.7. The number of hydrogen-bond acceptors (Lipinski definition) is 3. The molecule has 2 aromatic rings. The van der Waals surface area contributed by atoms with E-state index in [0.717, 1.165) is 12.0 Å². The molecule has 1 aromatic heterocycles. The monoisotopic (exact) mass is 268 g/mol. The first-order valence-corrected chi connectivity index (χ1v) is 6.53. The van der Waals surface area contributed by atoms with Crippen molar-refractivity contribution in [2.45, 2.75) is 26.2 Å². The first kappa shape index (κ1) is 13.9. The number of aromatic nitrogens is 1. The smallest absolute Gasteiger partial charge is 0.251 e. The Balaban J connectivity index is 2.53. The van der Waals surface area contributed by atoms with E-state index in [2.05, 4.69) is 18.8 Å². The molecule has 2 rings (SSSR count). The van der Waals surface area contributed by atoms with E-state index in [-0.39, 0.29) is 11.4 Å². The van der Waals surface area contributed by atoms with Crippen LogP contribution in [0, 0.1) is 11.3 Å². The minimum absolute atomic E-state index is 0.0842. The second-order valence-electron chi connectivity index (χ2n) is 4.81. The van der Waals surface area contributed by atoms with Crippen molar-refractivity contribution in [2.75, 3.05) is 0 Å². The van der Waals surface area contributed by atoms with Crippen molar-refractivity contribution in [3.8, 4) is 23.1 Å². The Kier molecular flexibility index (Phi) is 3.90. The molecule has 0 radical (unpaired) electrons. The number of aromatic amines is 1. The number of nitriles is 1. The third-order valence-electron chi connectivity index (χ3n) is 3.54. The van der Waals surface area contributed by atoms with Crippen LogP contribution in [0.25, 0.3) is 11.1 Å². The van der Waals surface area contributed by atoms with Crippen LogP contribution in [-0.2, 0) is 0 Å². The van der Waals surface area contributed by atoms with E-state index in [1.165, 1.54) is 11.6 Å². The van der Waals surface area contributed by atoms with Crippen molar-refractivity contribution < 1.29 is 5.11 Å². The molecule has 0 aliphatic heterocycles. The van der Waals surface area contributed by atoms with Crippen LogP contribution < -0.4 is 5.56 Å². The van der Waals surface area contributed by atoms with Gasteiger partial charge < -0.3 is 5.11 Å². The van der Waals surface area contributed by atoms with Gasteiger partial charge in [0.25, 0.3) is 5.56 Å². The lowest BCUT2D eigenvalue weighted by molar-refractivity contribution is 0.450. The highest BCUT2D eigenvalue weighted by Gasteiger charge is 2.12. The number of benzene rings is 1. The molecule has 1 heterocycles. The van der Waals surface area contributed by atoms with E-state index < -0.39 is 5.56 Å². The zero-order chi connectivity index (χ0) is 14.7. The van der Waals surface area contributed by atoms with Crippen LogP contribution in [0.1, 0.15) is 37.3 Å². The fraction of sp³-hybridized carbons (Fsp3) is 0.250. The molecule has 2 N–H and O–H groups in total. The highest BCUT2D eigenvalue weighted by atomic mass is 16.3. The number of aromatic hydroxyl groups is 1. The SMILES string of the molecule is CCC(C)c1ccc(-c2cc(=O)[nH]c(O)c2C#N)cc1. The minimum atomic E-state index is -0.428. The predicted octanol–water partition coefficient (Wildman–Crippen LogP) is 3.13. The van der Waals surface area contributed by atoms with Crippen molar-refractivity contribution in [3.63, 3.8) is 0 Å². The van der Waals surface area contributed by atoms with E-state index in [0.29, 0.717) is 11.5 Å². The lowest BCUT2D eigenvalue weighted by atomic mass is 9.95. The second-order valence-corrected chi connectivity index (χ2v) is 4.81. The van der Waals surface area contributed by atoms with Gasteiger partial charge in [-0.25, -0.2) is 0 Å². The van der Waals surface area contributed by atoms with E-state index in [1.54, 1.807) is 0 Å². The lowest BCUT2D eigenvalue weighted by Crippen LogP contribution is -2.06. The first-order chi connectivity index (χ1) is 9.56. The van der Waals surface area contributed by atoms with Gasteiger partial charge in [-0.1, -0.05) is 38.1 Å².